The van der Waals surface area contributed by atoms with Crippen molar-refractivity contribution < 1.29 is 4.79 Å². The summed E-state index contributed by atoms with van der Waals surface area (Å²) in [6.07, 6.45) is 7.22. The summed E-state index contributed by atoms with van der Waals surface area (Å²) in [5.41, 5.74) is 10.1. The smallest absolute Gasteiger partial charge is 0.249 e. The number of amides is 1. The molecule has 3 N–H and O–H groups in total. The van der Waals surface area contributed by atoms with Gasteiger partial charge in [0.1, 0.15) is 0 Å². The van der Waals surface area contributed by atoms with Crippen LogP contribution in [0.2, 0.25) is 0 Å². The third-order valence-electron chi connectivity index (χ3n) is 4.64. The van der Waals surface area contributed by atoms with Crippen LogP contribution >= 0.6 is 0 Å². The monoisotopic (exact) mass is 347 g/mol. The van der Waals surface area contributed by atoms with Gasteiger partial charge in [-0.2, -0.15) is 0 Å². The number of nitrogens with one attached hydrogen (secondary N) is 1. The summed E-state index contributed by atoms with van der Waals surface area (Å²) >= 11 is 0. The molecule has 0 spiro atoms. The number of fused-ring (bicyclic) bond motifs is 1. The molecule has 0 unspecified atom stereocenters. The maximum Gasteiger partial charge on any atom is 0.249 e. The number of aromatic nitrogens is 1. The third-order valence-corrected chi connectivity index (χ3v) is 4.64. The lowest BCUT2D eigenvalue weighted by Crippen LogP contribution is -2.15. The summed E-state index contributed by atoms with van der Waals surface area (Å²) in [5, 5.41) is 4.56. The lowest BCUT2D eigenvalue weighted by atomic mass is 9.98. The number of benzene rings is 2. The molecule has 1 amide bonds. The first-order valence-electron chi connectivity index (χ1n) is 9.23. The molecule has 26 heavy (non-hydrogen) atoms. The molecule has 1 aromatic heterocycles. The number of primary amides is 1. The van der Waals surface area contributed by atoms with Crippen LogP contribution in [0.15, 0.2) is 54.7 Å². The number of pyridine rings is 1. The Morgan fingerprint density at radius 2 is 1.85 bits per heavy atom. The number of carbonyl (C=O) groups excluding carboxylic acids is 1. The van der Waals surface area contributed by atoms with Crippen LogP contribution in [0.1, 0.15) is 48.5 Å². The van der Waals surface area contributed by atoms with Crippen molar-refractivity contribution in [3.05, 3.63) is 65.9 Å². The van der Waals surface area contributed by atoms with Crippen LogP contribution in [-0.2, 0) is 6.42 Å². The summed E-state index contributed by atoms with van der Waals surface area (Å²) in [5.74, 6) is -0.376. The topological polar surface area (TPSA) is 68.0 Å². The van der Waals surface area contributed by atoms with Gasteiger partial charge in [0.05, 0.1) is 5.52 Å². The number of unbranched alkanes of at least 4 members (excludes halogenated alkanes) is 3. The van der Waals surface area contributed by atoms with Crippen molar-refractivity contribution in [2.24, 2.45) is 5.73 Å². The molecule has 0 aliphatic heterocycles. The number of carbonyl (C=O) groups is 1. The maximum atomic E-state index is 11.9. The number of rotatable bonds is 8. The van der Waals surface area contributed by atoms with Crippen LogP contribution < -0.4 is 11.1 Å². The number of para-hydroxylation sites is 1. The van der Waals surface area contributed by atoms with Crippen LogP contribution in [0.4, 0.5) is 11.4 Å². The van der Waals surface area contributed by atoms with Gasteiger partial charge in [0.25, 0.3) is 0 Å². The van der Waals surface area contributed by atoms with Crippen LogP contribution in [0, 0.1) is 0 Å². The minimum atomic E-state index is -0.376. The van der Waals surface area contributed by atoms with E-state index in [0.29, 0.717) is 5.56 Å². The predicted molar refractivity (Wildman–Crippen MR) is 108 cm³/mol. The molecular weight excluding hydrogens is 322 g/mol. The highest BCUT2D eigenvalue weighted by Gasteiger charge is 2.13. The second kappa shape index (κ2) is 8.48. The van der Waals surface area contributed by atoms with E-state index in [4.69, 9.17) is 5.73 Å². The normalized spacial score (nSPS) is 10.8. The summed E-state index contributed by atoms with van der Waals surface area (Å²) in [6, 6.07) is 15.7. The van der Waals surface area contributed by atoms with E-state index in [0.717, 1.165) is 47.1 Å². The molecule has 0 saturated heterocycles. The van der Waals surface area contributed by atoms with Crippen LogP contribution in [0.5, 0.6) is 0 Å². The SMILES string of the molecule is CCCCCCc1c(Nc2ccnc3ccccc23)cccc1C(N)=O. The fraction of sp³-hybridized carbons (Fsp3) is 0.273. The number of hydrogen-bond acceptors (Lipinski definition) is 3. The molecule has 0 bridgehead atoms. The van der Waals surface area contributed by atoms with Crippen molar-refractivity contribution in [3.8, 4) is 0 Å². The van der Waals surface area contributed by atoms with Crippen LogP contribution in [0.25, 0.3) is 10.9 Å². The summed E-state index contributed by atoms with van der Waals surface area (Å²) in [4.78, 5) is 16.3. The molecule has 2 aromatic carbocycles. The second-order valence-corrected chi connectivity index (χ2v) is 6.51. The Hall–Kier alpha value is -2.88. The van der Waals surface area contributed by atoms with Gasteiger partial charge >= 0.3 is 0 Å². The van der Waals surface area contributed by atoms with Gasteiger partial charge in [-0.25, -0.2) is 0 Å². The quantitative estimate of drug-likeness (QED) is 0.550. The number of nitrogens with zero attached hydrogens (tertiary/aromatic N) is 1. The molecule has 134 valence electrons. The van der Waals surface area contributed by atoms with E-state index in [2.05, 4.69) is 17.2 Å². The van der Waals surface area contributed by atoms with Gasteiger partial charge in [0.2, 0.25) is 5.91 Å². The van der Waals surface area contributed by atoms with Crippen molar-refractivity contribution in [2.45, 2.75) is 39.0 Å². The van der Waals surface area contributed by atoms with Crippen molar-refractivity contribution in [3.63, 3.8) is 0 Å². The van der Waals surface area contributed by atoms with Crippen molar-refractivity contribution in [1.82, 2.24) is 4.98 Å². The second-order valence-electron chi connectivity index (χ2n) is 6.51. The first-order chi connectivity index (χ1) is 12.7. The zero-order valence-corrected chi connectivity index (χ0v) is 15.2. The zero-order chi connectivity index (χ0) is 18.4. The Labute approximate surface area is 154 Å². The molecule has 0 radical (unpaired) electrons. The first kappa shape index (κ1) is 17.9. The number of nitrogens with two attached hydrogens (primary N) is 1. The summed E-state index contributed by atoms with van der Waals surface area (Å²) < 4.78 is 0. The molecule has 0 saturated carbocycles. The van der Waals surface area contributed by atoms with E-state index in [1.165, 1.54) is 12.8 Å². The maximum absolute atomic E-state index is 11.9. The summed E-state index contributed by atoms with van der Waals surface area (Å²) in [6.45, 7) is 2.19. The first-order valence-corrected chi connectivity index (χ1v) is 9.23. The minimum Gasteiger partial charge on any atom is -0.366 e. The van der Waals surface area contributed by atoms with Crippen LogP contribution in [0.3, 0.4) is 0 Å². The molecule has 0 aliphatic rings. The third kappa shape index (κ3) is 4.02. The van der Waals surface area contributed by atoms with Crippen LogP contribution in [-0.4, -0.2) is 10.9 Å². The Kier molecular flexibility index (Phi) is 5.84. The Morgan fingerprint density at radius 1 is 1.00 bits per heavy atom. The molecule has 4 nitrogen and oxygen atoms in total. The zero-order valence-electron chi connectivity index (χ0n) is 15.2. The van der Waals surface area contributed by atoms with Gasteiger partial charge in [0, 0.05) is 28.5 Å². The lowest BCUT2D eigenvalue weighted by Gasteiger charge is -2.16. The highest BCUT2D eigenvalue weighted by Crippen LogP contribution is 2.29. The largest absolute Gasteiger partial charge is 0.366 e. The number of anilines is 2. The van der Waals surface area contributed by atoms with Crippen molar-refractivity contribution >= 4 is 28.2 Å². The van der Waals surface area contributed by atoms with Crippen molar-refractivity contribution in [1.29, 1.82) is 0 Å². The Balaban J connectivity index is 1.95. The standard InChI is InChI=1S/C22H25N3O/c1-2-3-4-5-9-16-17(22(23)26)11-8-13-20(16)25-21-14-15-24-19-12-7-6-10-18(19)21/h6-8,10-15H,2-5,9H2,1H3,(H2,23,26)(H,24,25). The molecular formula is C22H25N3O. The fourth-order valence-corrected chi connectivity index (χ4v) is 3.28. The average molecular weight is 347 g/mol. The van der Waals surface area contributed by atoms with Gasteiger partial charge in [0.15, 0.2) is 0 Å². The van der Waals surface area contributed by atoms with Gasteiger partial charge in [-0.05, 0) is 42.7 Å². The Morgan fingerprint density at radius 3 is 2.65 bits per heavy atom. The van der Waals surface area contributed by atoms with Gasteiger partial charge < -0.3 is 11.1 Å². The highest BCUT2D eigenvalue weighted by molar-refractivity contribution is 5.97. The molecule has 3 rings (SSSR count). The molecule has 0 aliphatic carbocycles. The number of hydrogen-bond donors (Lipinski definition) is 2. The predicted octanol–water partition coefficient (Wildman–Crippen LogP) is 5.20. The van der Waals surface area contributed by atoms with Gasteiger partial charge in [-0.3, -0.25) is 9.78 Å². The van der Waals surface area contributed by atoms with Gasteiger partial charge in [-0.1, -0.05) is 50.5 Å². The van der Waals surface area contributed by atoms with Crippen molar-refractivity contribution in [2.75, 3.05) is 5.32 Å². The molecule has 4 heteroatoms. The average Bonchev–Trinajstić information content (AvgIpc) is 2.66. The molecule has 3 aromatic rings. The van der Waals surface area contributed by atoms with E-state index in [1.54, 1.807) is 6.20 Å². The molecule has 0 atom stereocenters. The summed E-state index contributed by atoms with van der Waals surface area (Å²) in [7, 11) is 0. The Bertz CT molecular complexity index is 900. The van der Waals surface area contributed by atoms with E-state index >= 15 is 0 Å². The van der Waals surface area contributed by atoms with E-state index in [-0.39, 0.29) is 5.91 Å². The van der Waals surface area contributed by atoms with E-state index in [1.807, 2.05) is 48.5 Å². The fourth-order valence-electron chi connectivity index (χ4n) is 3.28. The highest BCUT2D eigenvalue weighted by atomic mass is 16.1. The van der Waals surface area contributed by atoms with E-state index < -0.39 is 0 Å². The molecule has 1 heterocycles. The molecule has 0 fully saturated rings. The minimum absolute atomic E-state index is 0.376. The van der Waals surface area contributed by atoms with E-state index in [9.17, 15) is 4.79 Å². The van der Waals surface area contributed by atoms with Gasteiger partial charge in [-0.15, -0.1) is 0 Å². The lowest BCUT2D eigenvalue weighted by molar-refractivity contribution is 0.0999.